The van der Waals surface area contributed by atoms with Crippen LogP contribution in [0.4, 0.5) is 0 Å². The maximum atomic E-state index is 10.5. The van der Waals surface area contributed by atoms with Gasteiger partial charge in [0.1, 0.15) is 0 Å². The second-order valence-corrected chi connectivity index (χ2v) is 3.67. The summed E-state index contributed by atoms with van der Waals surface area (Å²) in [5.41, 5.74) is 0. The number of hydrogen-bond acceptors (Lipinski definition) is 3. The average molecular weight is 187 g/mol. The van der Waals surface area contributed by atoms with Gasteiger partial charge in [-0.1, -0.05) is 0 Å². The monoisotopic (exact) mass is 187 g/mol. The van der Waals surface area contributed by atoms with Crippen LogP contribution in [0, 0.1) is 5.92 Å². The van der Waals surface area contributed by atoms with E-state index < -0.39 is 5.97 Å². The summed E-state index contributed by atoms with van der Waals surface area (Å²) < 4.78 is 5.26. The first-order valence-electron chi connectivity index (χ1n) is 4.61. The largest absolute Gasteiger partial charge is 0.480 e. The summed E-state index contributed by atoms with van der Waals surface area (Å²) >= 11 is 0. The van der Waals surface area contributed by atoms with Crippen LogP contribution in [0.5, 0.6) is 0 Å². The molecule has 0 spiro atoms. The van der Waals surface area contributed by atoms with Crippen LogP contribution in [0.1, 0.15) is 13.3 Å². The highest BCUT2D eigenvalue weighted by Gasteiger charge is 2.25. The van der Waals surface area contributed by atoms with Gasteiger partial charge in [-0.2, -0.15) is 0 Å². The van der Waals surface area contributed by atoms with Crippen molar-refractivity contribution in [2.24, 2.45) is 5.92 Å². The van der Waals surface area contributed by atoms with Crippen LogP contribution in [-0.2, 0) is 9.53 Å². The number of aliphatic carboxylic acids is 1. The number of carbonyl (C=O) groups is 1. The summed E-state index contributed by atoms with van der Waals surface area (Å²) in [4.78, 5) is 12.3. The Labute approximate surface area is 78.5 Å². The van der Waals surface area contributed by atoms with Crippen LogP contribution in [0.15, 0.2) is 0 Å². The first-order chi connectivity index (χ1) is 6.11. The number of hydrogen-bond donors (Lipinski definition) is 1. The minimum atomic E-state index is -0.770. The van der Waals surface area contributed by atoms with Gasteiger partial charge in [-0.15, -0.1) is 0 Å². The molecular formula is C9H17NO3. The Morgan fingerprint density at radius 3 is 2.92 bits per heavy atom. The van der Waals surface area contributed by atoms with Crippen molar-refractivity contribution < 1.29 is 14.6 Å². The van der Waals surface area contributed by atoms with E-state index in [9.17, 15) is 4.79 Å². The molecule has 13 heavy (non-hydrogen) atoms. The molecule has 1 saturated heterocycles. The second kappa shape index (κ2) is 4.58. The molecule has 0 aromatic carbocycles. The molecule has 1 N–H and O–H groups in total. The molecule has 76 valence electrons. The van der Waals surface area contributed by atoms with Gasteiger partial charge in [-0.3, -0.25) is 9.69 Å². The quantitative estimate of drug-likeness (QED) is 0.693. The predicted octanol–water partition coefficient (Wildman–Crippen LogP) is 0.428. The lowest BCUT2D eigenvalue weighted by molar-refractivity contribution is -0.138. The van der Waals surface area contributed by atoms with Crippen LogP contribution < -0.4 is 0 Å². The summed E-state index contributed by atoms with van der Waals surface area (Å²) in [5.74, 6) is -0.280. The highest BCUT2D eigenvalue weighted by Crippen LogP contribution is 2.19. The van der Waals surface area contributed by atoms with Crippen molar-refractivity contribution in [3.05, 3.63) is 0 Å². The fourth-order valence-electron chi connectivity index (χ4n) is 1.65. The molecule has 0 bridgehead atoms. The lowest BCUT2D eigenvalue weighted by Gasteiger charge is -2.27. The minimum absolute atomic E-state index is 0.109. The molecule has 1 heterocycles. The molecule has 2 atom stereocenters. The third-order valence-corrected chi connectivity index (χ3v) is 2.73. The fourth-order valence-corrected chi connectivity index (χ4v) is 1.65. The van der Waals surface area contributed by atoms with E-state index in [0.29, 0.717) is 12.0 Å². The Morgan fingerprint density at radius 1 is 1.77 bits per heavy atom. The Kier molecular flexibility index (Phi) is 3.69. The molecule has 0 aliphatic carbocycles. The summed E-state index contributed by atoms with van der Waals surface area (Å²) in [5, 5.41) is 8.60. The van der Waals surface area contributed by atoms with E-state index in [1.165, 1.54) is 0 Å². The Morgan fingerprint density at radius 2 is 2.46 bits per heavy atom. The summed E-state index contributed by atoms with van der Waals surface area (Å²) in [6.07, 6.45) is 1.05. The van der Waals surface area contributed by atoms with Crippen molar-refractivity contribution >= 4 is 5.97 Å². The first-order valence-corrected chi connectivity index (χ1v) is 4.61. The van der Waals surface area contributed by atoms with Crippen molar-refractivity contribution in [3.8, 4) is 0 Å². The highest BCUT2D eigenvalue weighted by molar-refractivity contribution is 5.69. The van der Waals surface area contributed by atoms with Gasteiger partial charge in [0.25, 0.3) is 0 Å². The Bertz CT molecular complexity index is 178. The third kappa shape index (κ3) is 2.97. The van der Waals surface area contributed by atoms with Gasteiger partial charge >= 0.3 is 5.97 Å². The van der Waals surface area contributed by atoms with E-state index in [2.05, 4.69) is 6.92 Å². The molecular weight excluding hydrogens is 170 g/mol. The third-order valence-electron chi connectivity index (χ3n) is 2.73. The van der Waals surface area contributed by atoms with Crippen molar-refractivity contribution in [1.82, 2.24) is 4.90 Å². The maximum Gasteiger partial charge on any atom is 0.317 e. The molecule has 0 aromatic heterocycles. The van der Waals surface area contributed by atoms with Gasteiger partial charge in [0, 0.05) is 12.6 Å². The Balaban J connectivity index is 2.36. The zero-order valence-corrected chi connectivity index (χ0v) is 8.19. The molecule has 0 radical (unpaired) electrons. The molecule has 1 rings (SSSR count). The average Bonchev–Trinajstić information content (AvgIpc) is 2.53. The summed E-state index contributed by atoms with van der Waals surface area (Å²) in [7, 11) is 1.84. The summed E-state index contributed by atoms with van der Waals surface area (Å²) in [6.45, 7) is 3.75. The maximum absolute atomic E-state index is 10.5. The SMILES string of the molecule is CC(C1CCOC1)N(C)CC(=O)O. The van der Waals surface area contributed by atoms with Gasteiger partial charge < -0.3 is 9.84 Å². The smallest absolute Gasteiger partial charge is 0.317 e. The molecule has 0 aromatic rings. The molecule has 1 aliphatic rings. The van der Waals surface area contributed by atoms with Crippen molar-refractivity contribution in [2.45, 2.75) is 19.4 Å². The molecule has 4 heteroatoms. The molecule has 0 amide bonds. The van der Waals surface area contributed by atoms with Gasteiger partial charge in [-0.25, -0.2) is 0 Å². The lowest BCUT2D eigenvalue weighted by atomic mass is 10.00. The van der Waals surface area contributed by atoms with E-state index in [4.69, 9.17) is 9.84 Å². The van der Waals surface area contributed by atoms with E-state index in [1.54, 1.807) is 0 Å². The van der Waals surface area contributed by atoms with Gasteiger partial charge in [0.05, 0.1) is 13.2 Å². The number of carboxylic acids is 1. The van der Waals surface area contributed by atoms with Crippen LogP contribution in [0.3, 0.4) is 0 Å². The van der Waals surface area contributed by atoms with Gasteiger partial charge in [0.2, 0.25) is 0 Å². The normalized spacial score (nSPS) is 25.0. The predicted molar refractivity (Wildman–Crippen MR) is 48.7 cm³/mol. The van der Waals surface area contributed by atoms with Gasteiger partial charge in [0.15, 0.2) is 0 Å². The standard InChI is InChI=1S/C9H17NO3/c1-7(8-3-4-13-6-8)10(2)5-9(11)12/h7-8H,3-6H2,1-2H3,(H,11,12). The van der Waals surface area contributed by atoms with Crippen molar-refractivity contribution in [2.75, 3.05) is 26.8 Å². The van der Waals surface area contributed by atoms with E-state index in [0.717, 1.165) is 19.6 Å². The molecule has 1 fully saturated rings. The highest BCUT2D eigenvalue weighted by atomic mass is 16.5. The molecule has 4 nitrogen and oxygen atoms in total. The van der Waals surface area contributed by atoms with Crippen LogP contribution >= 0.6 is 0 Å². The van der Waals surface area contributed by atoms with E-state index >= 15 is 0 Å². The zero-order chi connectivity index (χ0) is 9.84. The topological polar surface area (TPSA) is 49.8 Å². The van der Waals surface area contributed by atoms with Crippen LogP contribution in [-0.4, -0.2) is 48.8 Å². The molecule has 0 saturated carbocycles. The molecule has 2 unspecified atom stereocenters. The number of ether oxygens (including phenoxy) is 1. The van der Waals surface area contributed by atoms with E-state index in [1.807, 2.05) is 11.9 Å². The van der Waals surface area contributed by atoms with Crippen LogP contribution in [0.25, 0.3) is 0 Å². The fraction of sp³-hybridized carbons (Fsp3) is 0.889. The number of likely N-dealkylation sites (N-methyl/N-ethyl adjacent to an activating group) is 1. The van der Waals surface area contributed by atoms with Crippen molar-refractivity contribution in [1.29, 1.82) is 0 Å². The number of carboxylic acid groups (broad SMARTS) is 1. The summed E-state index contributed by atoms with van der Waals surface area (Å²) in [6, 6.07) is 0.290. The van der Waals surface area contributed by atoms with Crippen LogP contribution in [0.2, 0.25) is 0 Å². The minimum Gasteiger partial charge on any atom is -0.480 e. The first kappa shape index (κ1) is 10.5. The molecule has 1 aliphatic heterocycles. The van der Waals surface area contributed by atoms with E-state index in [-0.39, 0.29) is 6.54 Å². The van der Waals surface area contributed by atoms with Crippen molar-refractivity contribution in [3.63, 3.8) is 0 Å². The number of nitrogens with zero attached hydrogens (tertiary/aromatic N) is 1. The number of rotatable bonds is 4. The lowest BCUT2D eigenvalue weighted by Crippen LogP contribution is -2.39. The Hall–Kier alpha value is -0.610. The zero-order valence-electron chi connectivity index (χ0n) is 8.19. The van der Waals surface area contributed by atoms with Gasteiger partial charge in [-0.05, 0) is 26.3 Å². The second-order valence-electron chi connectivity index (χ2n) is 3.67.